The van der Waals surface area contributed by atoms with Crippen molar-refractivity contribution in [3.05, 3.63) is 28.8 Å². The van der Waals surface area contributed by atoms with Crippen molar-refractivity contribution in [1.29, 1.82) is 0 Å². The maximum absolute atomic E-state index is 16.4. The number of ether oxygens (including phenoxy) is 3. The van der Waals surface area contributed by atoms with E-state index in [4.69, 9.17) is 19.9 Å². The number of nitrogens with zero attached hydrogens (tertiary/aromatic N) is 4. The molecule has 0 bridgehead atoms. The number of rotatable bonds is 6. The van der Waals surface area contributed by atoms with Crippen LogP contribution in [0.3, 0.4) is 0 Å². The molecule has 10 nitrogen and oxygen atoms in total. The lowest BCUT2D eigenvalue weighted by Gasteiger charge is -2.27. The standard InChI is InChI=1S/C28H33F6N7O3/c1-14-3-4-36-5-6-37-25-19-24(39-27(40-25)43-13-16(29)12-41-7-9-42-10-8-41)22(31)23(38-26(19)44-14)17-11-18(35)21(30)15(2)20(17)28(32,33)34/h11,14,16,36H,3-10,12-13,35H2,1-2H3,(H,37,39,40)/t14-,16+/m0/s1. The summed E-state index contributed by atoms with van der Waals surface area (Å²) in [6.45, 7) is 5.67. The Morgan fingerprint density at radius 3 is 2.59 bits per heavy atom. The van der Waals surface area contributed by atoms with Gasteiger partial charge in [0, 0.05) is 38.3 Å². The van der Waals surface area contributed by atoms with E-state index in [1.165, 1.54) is 0 Å². The molecule has 0 radical (unpaired) electrons. The molecule has 1 aromatic carbocycles. The SMILES string of the molecule is Cc1c(F)c(N)cc(-c2nc3c4c(nc(OC[C@H](F)CN5CCOCC5)nc4c2F)NCCNCC[C@H](C)O3)c1C(F)(F)F. The second-order valence-corrected chi connectivity index (χ2v) is 10.7. The molecule has 44 heavy (non-hydrogen) atoms. The van der Waals surface area contributed by atoms with Crippen molar-refractivity contribution in [1.82, 2.24) is 25.2 Å². The van der Waals surface area contributed by atoms with Crippen molar-refractivity contribution >= 4 is 22.4 Å². The molecule has 0 aliphatic carbocycles. The molecule has 4 heterocycles. The summed E-state index contributed by atoms with van der Waals surface area (Å²) in [5, 5.41) is 6.20. The van der Waals surface area contributed by atoms with Crippen molar-refractivity contribution in [2.45, 2.75) is 38.7 Å². The van der Waals surface area contributed by atoms with Gasteiger partial charge in [0.25, 0.3) is 0 Å². The highest BCUT2D eigenvalue weighted by molar-refractivity contribution is 5.96. The van der Waals surface area contributed by atoms with Gasteiger partial charge in [0.2, 0.25) is 5.88 Å². The molecule has 2 atom stereocenters. The number of nitrogens with one attached hydrogen (secondary N) is 2. The van der Waals surface area contributed by atoms with E-state index in [1.54, 1.807) is 6.92 Å². The van der Waals surface area contributed by atoms with Crippen molar-refractivity contribution < 1.29 is 40.6 Å². The fourth-order valence-electron chi connectivity index (χ4n) is 5.18. The van der Waals surface area contributed by atoms with Gasteiger partial charge in [0.15, 0.2) is 5.82 Å². The van der Waals surface area contributed by atoms with Crippen LogP contribution in [0.25, 0.3) is 22.2 Å². The average molecular weight is 630 g/mol. The third-order valence-electron chi connectivity index (χ3n) is 7.38. The van der Waals surface area contributed by atoms with Crippen molar-refractivity contribution in [3.8, 4) is 23.1 Å². The monoisotopic (exact) mass is 629 g/mol. The molecule has 5 rings (SSSR count). The quantitative estimate of drug-likeness (QED) is 0.272. The molecule has 3 aromatic rings. The molecule has 0 amide bonds. The molecule has 2 aromatic heterocycles. The molecule has 0 spiro atoms. The van der Waals surface area contributed by atoms with Gasteiger partial charge in [-0.1, -0.05) is 0 Å². The number of pyridine rings is 1. The second-order valence-electron chi connectivity index (χ2n) is 10.7. The van der Waals surface area contributed by atoms with Crippen LogP contribution >= 0.6 is 0 Å². The Labute approximate surface area is 249 Å². The topological polar surface area (TPSA) is 120 Å². The van der Waals surface area contributed by atoms with Gasteiger partial charge < -0.3 is 30.6 Å². The average Bonchev–Trinajstić information content (AvgIpc) is 3.00. The van der Waals surface area contributed by atoms with E-state index in [2.05, 4.69) is 25.6 Å². The molecule has 1 saturated heterocycles. The van der Waals surface area contributed by atoms with Gasteiger partial charge in [0.05, 0.1) is 30.6 Å². The van der Waals surface area contributed by atoms with Crippen molar-refractivity contribution in [2.75, 3.05) is 70.1 Å². The number of benzene rings is 1. The molecule has 1 fully saturated rings. The first-order chi connectivity index (χ1) is 20.9. The third-order valence-corrected chi connectivity index (χ3v) is 7.38. The van der Waals surface area contributed by atoms with Crippen molar-refractivity contribution in [2.24, 2.45) is 0 Å². The summed E-state index contributed by atoms with van der Waals surface area (Å²) in [4.78, 5) is 14.5. The number of nitrogens with two attached hydrogens (primary N) is 1. The summed E-state index contributed by atoms with van der Waals surface area (Å²) in [7, 11) is 0. The first kappa shape index (κ1) is 31.8. The van der Waals surface area contributed by atoms with Crippen LogP contribution in [0, 0.1) is 18.6 Å². The van der Waals surface area contributed by atoms with Gasteiger partial charge in [-0.2, -0.15) is 23.1 Å². The normalized spacial score (nSPS) is 19.1. The highest BCUT2D eigenvalue weighted by Gasteiger charge is 2.39. The maximum Gasteiger partial charge on any atom is 0.417 e. The molecular formula is C28H33F6N7O3. The summed E-state index contributed by atoms with van der Waals surface area (Å²) in [5.41, 5.74) is 0.739. The second kappa shape index (κ2) is 13.2. The largest absolute Gasteiger partial charge is 0.474 e. The molecule has 240 valence electrons. The summed E-state index contributed by atoms with van der Waals surface area (Å²) < 4.78 is 105. The van der Waals surface area contributed by atoms with Gasteiger partial charge in [0.1, 0.15) is 41.0 Å². The Morgan fingerprint density at radius 1 is 1.11 bits per heavy atom. The van der Waals surface area contributed by atoms with Crippen LogP contribution in [0.15, 0.2) is 6.07 Å². The van der Waals surface area contributed by atoms with E-state index in [1.807, 2.05) is 4.90 Å². The minimum Gasteiger partial charge on any atom is -0.474 e. The lowest BCUT2D eigenvalue weighted by Crippen LogP contribution is -2.41. The maximum atomic E-state index is 16.4. The van der Waals surface area contributed by atoms with Crippen LogP contribution in [-0.4, -0.2) is 91.2 Å². The van der Waals surface area contributed by atoms with Gasteiger partial charge in [-0.05, 0) is 38.4 Å². The van der Waals surface area contributed by atoms with Gasteiger partial charge >= 0.3 is 12.2 Å². The number of halogens is 6. The van der Waals surface area contributed by atoms with E-state index in [0.29, 0.717) is 58.4 Å². The number of anilines is 2. The number of nitrogen functional groups attached to an aromatic ring is 1. The fraction of sp³-hybridized carbons (Fsp3) is 0.536. The Morgan fingerprint density at radius 2 is 1.86 bits per heavy atom. The molecule has 0 saturated carbocycles. The van der Waals surface area contributed by atoms with Gasteiger partial charge in [-0.25, -0.2) is 18.2 Å². The fourth-order valence-corrected chi connectivity index (χ4v) is 5.18. The molecule has 4 N–H and O–H groups in total. The lowest BCUT2D eigenvalue weighted by atomic mass is 9.96. The van der Waals surface area contributed by atoms with E-state index < -0.39 is 76.3 Å². The Bertz CT molecular complexity index is 1500. The Kier molecular flexibility index (Phi) is 9.51. The minimum atomic E-state index is -5.08. The summed E-state index contributed by atoms with van der Waals surface area (Å²) in [5.74, 6) is -2.77. The van der Waals surface area contributed by atoms with Crippen LogP contribution in [0.2, 0.25) is 0 Å². The molecule has 16 heteroatoms. The zero-order valence-electron chi connectivity index (χ0n) is 24.2. The zero-order chi connectivity index (χ0) is 31.6. The summed E-state index contributed by atoms with van der Waals surface area (Å²) >= 11 is 0. The number of aromatic nitrogens is 3. The van der Waals surface area contributed by atoms with Crippen LogP contribution in [0.4, 0.5) is 37.8 Å². The Hall–Kier alpha value is -3.63. The first-order valence-electron chi connectivity index (χ1n) is 14.2. The third kappa shape index (κ3) is 6.86. The number of alkyl halides is 4. The zero-order valence-corrected chi connectivity index (χ0v) is 24.2. The van der Waals surface area contributed by atoms with E-state index in [9.17, 15) is 22.0 Å². The lowest BCUT2D eigenvalue weighted by molar-refractivity contribution is -0.137. The molecular weight excluding hydrogens is 596 g/mol. The van der Waals surface area contributed by atoms with Crippen molar-refractivity contribution in [3.63, 3.8) is 0 Å². The van der Waals surface area contributed by atoms with Crippen LogP contribution < -0.4 is 25.8 Å². The first-order valence-corrected chi connectivity index (χ1v) is 14.2. The van der Waals surface area contributed by atoms with Crippen LogP contribution in [0.5, 0.6) is 11.9 Å². The number of hydrogen-bond donors (Lipinski definition) is 3. The summed E-state index contributed by atoms with van der Waals surface area (Å²) in [6.07, 6.45) is -6.55. The highest BCUT2D eigenvalue weighted by atomic mass is 19.4. The molecule has 2 aliphatic heterocycles. The molecule has 2 aliphatic rings. The van der Waals surface area contributed by atoms with E-state index in [0.717, 1.165) is 6.92 Å². The van der Waals surface area contributed by atoms with E-state index >= 15 is 4.39 Å². The highest BCUT2D eigenvalue weighted by Crippen LogP contribution is 2.44. The predicted molar refractivity (Wildman–Crippen MR) is 151 cm³/mol. The predicted octanol–water partition coefficient (Wildman–Crippen LogP) is 4.10. The number of morpholine rings is 1. The Balaban J connectivity index is 1.64. The van der Waals surface area contributed by atoms with Gasteiger partial charge in [-0.3, -0.25) is 4.90 Å². The van der Waals surface area contributed by atoms with E-state index in [-0.39, 0.29) is 23.6 Å². The van der Waals surface area contributed by atoms with Crippen LogP contribution in [0.1, 0.15) is 24.5 Å². The number of hydrogen-bond acceptors (Lipinski definition) is 10. The molecule has 0 unspecified atom stereocenters. The van der Waals surface area contributed by atoms with Gasteiger partial charge in [-0.15, -0.1) is 0 Å². The smallest absolute Gasteiger partial charge is 0.417 e. The minimum absolute atomic E-state index is 0.0308. The van der Waals surface area contributed by atoms with Crippen LogP contribution in [-0.2, 0) is 10.9 Å². The summed E-state index contributed by atoms with van der Waals surface area (Å²) in [6, 6.07) is 0.276.